The molecular formula is C20H28ClN5O. The molecule has 1 N–H and O–H groups in total. The van der Waals surface area contributed by atoms with Gasteiger partial charge in [-0.15, -0.1) is 0 Å². The van der Waals surface area contributed by atoms with Crippen molar-refractivity contribution in [1.82, 2.24) is 19.7 Å². The minimum Gasteiger partial charge on any atom is -0.392 e. The Labute approximate surface area is 166 Å². The summed E-state index contributed by atoms with van der Waals surface area (Å²) < 4.78 is 1.82. The van der Waals surface area contributed by atoms with E-state index in [1.54, 1.807) is 19.2 Å². The van der Waals surface area contributed by atoms with Crippen LogP contribution in [0.5, 0.6) is 0 Å². The van der Waals surface area contributed by atoms with E-state index in [4.69, 9.17) is 22.0 Å². The number of rotatable bonds is 6. The molecule has 0 fully saturated rings. The van der Waals surface area contributed by atoms with Crippen LogP contribution in [-0.4, -0.2) is 31.5 Å². The monoisotopic (exact) mass is 389 g/mol. The number of hydrogen-bond donors (Lipinski definition) is 1. The number of aromatic nitrogens is 4. The highest BCUT2D eigenvalue weighted by atomic mass is 35.5. The third kappa shape index (κ3) is 9.69. The predicted octanol–water partition coefficient (Wildman–Crippen LogP) is 4.82. The number of aryl methyl sites for hydroxylation is 1. The van der Waals surface area contributed by atoms with Gasteiger partial charge in [0.1, 0.15) is 6.33 Å². The van der Waals surface area contributed by atoms with Gasteiger partial charge < -0.3 is 5.11 Å². The van der Waals surface area contributed by atoms with E-state index in [0.29, 0.717) is 18.0 Å². The summed E-state index contributed by atoms with van der Waals surface area (Å²) >= 11 is 5.08. The molecule has 0 amide bonds. The standard InChI is InChI=1S/C15H17N5O.C3H5Cl.C2H6/c1-12(5-9-21)15-13(14-4-7-17-11-18-14)10-20(19-15)8-3-2-6-16;1-3(2)4;1-2/h4-5,7,10-11,21H,2-3,8-9H2,1H3;1H2,2H3;1-2H3/b12-5+;;. The van der Waals surface area contributed by atoms with E-state index >= 15 is 0 Å². The molecule has 2 aromatic heterocycles. The van der Waals surface area contributed by atoms with Gasteiger partial charge in [-0.2, -0.15) is 10.4 Å². The van der Waals surface area contributed by atoms with Crippen molar-refractivity contribution in [2.45, 2.75) is 47.1 Å². The first kappa shape index (κ1) is 24.5. The summed E-state index contributed by atoms with van der Waals surface area (Å²) in [5, 5.41) is 22.9. The fourth-order valence-corrected chi connectivity index (χ4v) is 2.02. The number of hydrogen-bond acceptors (Lipinski definition) is 5. The van der Waals surface area contributed by atoms with Gasteiger partial charge in [-0.25, -0.2) is 9.97 Å². The Morgan fingerprint density at radius 3 is 2.59 bits per heavy atom. The first-order chi connectivity index (χ1) is 13.0. The molecule has 146 valence electrons. The normalized spacial score (nSPS) is 10.0. The maximum absolute atomic E-state index is 9.07. The second-order valence-corrected chi connectivity index (χ2v) is 5.90. The van der Waals surface area contributed by atoms with Crippen molar-refractivity contribution in [3.63, 3.8) is 0 Å². The van der Waals surface area contributed by atoms with Gasteiger partial charge in [0.2, 0.25) is 0 Å². The highest BCUT2D eigenvalue weighted by molar-refractivity contribution is 6.28. The van der Waals surface area contributed by atoms with Crippen LogP contribution in [0.3, 0.4) is 0 Å². The minimum absolute atomic E-state index is 0.0314. The van der Waals surface area contributed by atoms with Crippen molar-refractivity contribution >= 4 is 17.2 Å². The molecule has 6 nitrogen and oxygen atoms in total. The number of unbranched alkanes of at least 4 members (excludes halogenated alkanes) is 1. The molecule has 0 aliphatic heterocycles. The van der Waals surface area contributed by atoms with E-state index in [-0.39, 0.29) is 6.61 Å². The lowest BCUT2D eigenvalue weighted by atomic mass is 10.1. The molecule has 0 radical (unpaired) electrons. The molecule has 0 saturated carbocycles. The zero-order valence-corrected chi connectivity index (χ0v) is 17.2. The van der Waals surface area contributed by atoms with E-state index in [1.807, 2.05) is 37.7 Å². The molecule has 0 aliphatic carbocycles. The molecule has 0 aliphatic rings. The third-order valence-corrected chi connectivity index (χ3v) is 3.07. The number of allylic oxidation sites excluding steroid dienone is 2. The first-order valence-electron chi connectivity index (χ1n) is 8.79. The summed E-state index contributed by atoms with van der Waals surface area (Å²) in [4.78, 5) is 8.18. The number of aliphatic hydroxyl groups is 1. The Morgan fingerprint density at radius 1 is 1.41 bits per heavy atom. The molecule has 0 aromatic carbocycles. The zero-order chi connectivity index (χ0) is 20.7. The molecule has 2 heterocycles. The molecule has 0 saturated heterocycles. The second kappa shape index (κ2) is 14.7. The van der Waals surface area contributed by atoms with Gasteiger partial charge >= 0.3 is 0 Å². The molecule has 0 bridgehead atoms. The number of nitrogens with zero attached hydrogens (tertiary/aromatic N) is 5. The molecule has 0 unspecified atom stereocenters. The Kier molecular flexibility index (Phi) is 13.3. The van der Waals surface area contributed by atoms with E-state index < -0.39 is 0 Å². The Hall–Kier alpha value is -2.49. The minimum atomic E-state index is -0.0314. The average molecular weight is 390 g/mol. The summed E-state index contributed by atoms with van der Waals surface area (Å²) in [5.41, 5.74) is 3.37. The Balaban J connectivity index is 0.000000998. The van der Waals surface area contributed by atoms with Gasteiger partial charge in [0.25, 0.3) is 0 Å². The summed E-state index contributed by atoms with van der Waals surface area (Å²) in [6.07, 6.45) is 8.07. The van der Waals surface area contributed by atoms with Crippen LogP contribution in [-0.2, 0) is 6.54 Å². The maximum atomic E-state index is 9.07. The number of nitriles is 1. The summed E-state index contributed by atoms with van der Waals surface area (Å²) in [5.74, 6) is 0. The highest BCUT2D eigenvalue weighted by Gasteiger charge is 2.13. The molecule has 27 heavy (non-hydrogen) atoms. The van der Waals surface area contributed by atoms with Gasteiger partial charge in [-0.1, -0.05) is 38.1 Å². The predicted molar refractivity (Wildman–Crippen MR) is 111 cm³/mol. The molecule has 2 aromatic rings. The summed E-state index contributed by atoms with van der Waals surface area (Å²) in [7, 11) is 0. The Morgan fingerprint density at radius 2 is 2.07 bits per heavy atom. The largest absolute Gasteiger partial charge is 0.392 e. The van der Waals surface area contributed by atoms with E-state index in [9.17, 15) is 0 Å². The lowest BCUT2D eigenvalue weighted by Gasteiger charge is -2.01. The molecule has 2 rings (SSSR count). The van der Waals surface area contributed by atoms with Gasteiger partial charge in [0.15, 0.2) is 0 Å². The topological polar surface area (TPSA) is 87.6 Å². The smallest absolute Gasteiger partial charge is 0.116 e. The fraction of sp³-hybridized carbons (Fsp3) is 0.400. The van der Waals surface area contributed by atoms with E-state index in [2.05, 4.69) is 27.7 Å². The lowest BCUT2D eigenvalue weighted by molar-refractivity contribution is 0.343. The van der Waals surface area contributed by atoms with Crippen LogP contribution in [0, 0.1) is 11.3 Å². The SMILES string of the molecule is C/C(=C\CO)c1nn(CCCC#N)cc1-c1ccncn1.C=C(C)Cl.CC. The van der Waals surface area contributed by atoms with E-state index in [0.717, 1.165) is 28.9 Å². The zero-order valence-electron chi connectivity index (χ0n) is 16.5. The third-order valence-electron chi connectivity index (χ3n) is 3.07. The second-order valence-electron chi connectivity index (χ2n) is 5.26. The maximum Gasteiger partial charge on any atom is 0.116 e. The quantitative estimate of drug-likeness (QED) is 0.715. The van der Waals surface area contributed by atoms with E-state index in [1.165, 1.54) is 6.33 Å². The summed E-state index contributed by atoms with van der Waals surface area (Å²) in [6.45, 7) is 11.6. The Bertz CT molecular complexity index is 743. The fourth-order valence-electron chi connectivity index (χ4n) is 2.02. The van der Waals surface area contributed by atoms with Crippen molar-refractivity contribution in [2.75, 3.05) is 6.61 Å². The molecule has 7 heteroatoms. The van der Waals surface area contributed by atoms with Gasteiger partial charge in [0, 0.05) is 36.0 Å². The number of aliphatic hydroxyl groups excluding tert-OH is 1. The first-order valence-corrected chi connectivity index (χ1v) is 9.17. The lowest BCUT2D eigenvalue weighted by Crippen LogP contribution is -1.98. The van der Waals surface area contributed by atoms with Crippen molar-refractivity contribution in [3.8, 4) is 17.3 Å². The van der Waals surface area contributed by atoms with Crippen molar-refractivity contribution in [1.29, 1.82) is 5.26 Å². The summed E-state index contributed by atoms with van der Waals surface area (Å²) in [6, 6.07) is 3.95. The van der Waals surface area contributed by atoms with Crippen LogP contribution in [0.1, 0.15) is 46.2 Å². The van der Waals surface area contributed by atoms with Crippen molar-refractivity contribution < 1.29 is 5.11 Å². The van der Waals surface area contributed by atoms with Crippen LogP contribution < -0.4 is 0 Å². The van der Waals surface area contributed by atoms with Crippen molar-refractivity contribution in [2.24, 2.45) is 0 Å². The molecular weight excluding hydrogens is 362 g/mol. The van der Waals surface area contributed by atoms with Gasteiger partial charge in [0.05, 0.1) is 24.1 Å². The van der Waals surface area contributed by atoms with Gasteiger partial charge in [-0.05, 0) is 31.9 Å². The van der Waals surface area contributed by atoms with Crippen LogP contribution in [0.4, 0.5) is 0 Å². The number of halogens is 1. The van der Waals surface area contributed by atoms with Crippen LogP contribution in [0.2, 0.25) is 0 Å². The van der Waals surface area contributed by atoms with Crippen LogP contribution in [0.15, 0.2) is 42.5 Å². The molecule has 0 spiro atoms. The highest BCUT2D eigenvalue weighted by Crippen LogP contribution is 2.26. The molecule has 0 atom stereocenters. The van der Waals surface area contributed by atoms with Crippen LogP contribution in [0.25, 0.3) is 16.8 Å². The van der Waals surface area contributed by atoms with Crippen molar-refractivity contribution in [3.05, 3.63) is 48.2 Å². The van der Waals surface area contributed by atoms with Crippen LogP contribution >= 0.6 is 11.6 Å². The average Bonchev–Trinajstić information content (AvgIpc) is 3.08. The van der Waals surface area contributed by atoms with Gasteiger partial charge in [-0.3, -0.25) is 4.68 Å².